The summed E-state index contributed by atoms with van der Waals surface area (Å²) in [5.41, 5.74) is 0.843. The fraction of sp³-hybridized carbons (Fsp3) is 0.286. The summed E-state index contributed by atoms with van der Waals surface area (Å²) in [7, 11) is 0. The number of thiocarbonyl (C=S) groups is 1. The minimum Gasteiger partial charge on any atom is -0.508 e. The maximum Gasteiger partial charge on any atom is 0.291 e. The van der Waals surface area contributed by atoms with Gasteiger partial charge in [0.2, 0.25) is 0 Å². The SMILES string of the molecule is CCCCN1C(=O)SC(=Cc2cccc(O)c2)C1=S. The molecular formula is C14H15NO2S2. The lowest BCUT2D eigenvalue weighted by Gasteiger charge is -2.13. The Morgan fingerprint density at radius 2 is 2.26 bits per heavy atom. The summed E-state index contributed by atoms with van der Waals surface area (Å²) >= 11 is 6.50. The Labute approximate surface area is 122 Å². The number of amides is 1. The third-order valence-electron chi connectivity index (χ3n) is 2.78. The zero-order valence-corrected chi connectivity index (χ0v) is 12.3. The van der Waals surface area contributed by atoms with Crippen molar-refractivity contribution in [1.82, 2.24) is 4.90 Å². The minimum atomic E-state index is -0.00940. The van der Waals surface area contributed by atoms with E-state index in [1.807, 2.05) is 12.1 Å². The standard InChI is InChI=1S/C14H15NO2S2/c1-2-3-7-15-13(18)12(19-14(15)17)9-10-5-4-6-11(16)8-10/h4-6,8-9,16H,2-3,7H2,1H3. The van der Waals surface area contributed by atoms with E-state index in [-0.39, 0.29) is 11.0 Å². The van der Waals surface area contributed by atoms with Crippen molar-refractivity contribution in [1.29, 1.82) is 0 Å². The molecule has 0 unspecified atom stereocenters. The molecule has 1 fully saturated rings. The van der Waals surface area contributed by atoms with Crippen LogP contribution in [-0.2, 0) is 0 Å². The molecule has 1 aromatic carbocycles. The van der Waals surface area contributed by atoms with Gasteiger partial charge in [-0.3, -0.25) is 9.69 Å². The quantitative estimate of drug-likeness (QED) is 0.672. The van der Waals surface area contributed by atoms with Gasteiger partial charge in [0.25, 0.3) is 5.24 Å². The van der Waals surface area contributed by atoms with Gasteiger partial charge in [-0.15, -0.1) is 0 Å². The van der Waals surface area contributed by atoms with Crippen LogP contribution in [0, 0.1) is 0 Å². The van der Waals surface area contributed by atoms with Crippen LogP contribution in [0.3, 0.4) is 0 Å². The van der Waals surface area contributed by atoms with E-state index in [4.69, 9.17) is 12.2 Å². The first kappa shape index (κ1) is 14.1. The van der Waals surface area contributed by atoms with Gasteiger partial charge in [0.15, 0.2) is 0 Å². The minimum absolute atomic E-state index is 0.00940. The predicted octanol–water partition coefficient (Wildman–Crippen LogP) is 4.03. The first-order valence-electron chi connectivity index (χ1n) is 6.16. The van der Waals surface area contributed by atoms with Crippen LogP contribution in [0.15, 0.2) is 29.2 Å². The number of carbonyl (C=O) groups excluding carboxylic acids is 1. The predicted molar refractivity (Wildman–Crippen MR) is 83.3 cm³/mol. The highest BCUT2D eigenvalue weighted by molar-refractivity contribution is 8.19. The number of nitrogens with zero attached hydrogens (tertiary/aromatic N) is 1. The molecule has 1 aromatic rings. The Hall–Kier alpha value is -1.33. The molecule has 0 spiro atoms. The average Bonchev–Trinajstić information content (AvgIpc) is 2.62. The lowest BCUT2D eigenvalue weighted by Crippen LogP contribution is -2.27. The van der Waals surface area contributed by atoms with Crippen LogP contribution in [0.5, 0.6) is 5.75 Å². The van der Waals surface area contributed by atoms with Crippen LogP contribution in [-0.4, -0.2) is 26.8 Å². The van der Waals surface area contributed by atoms with Crippen LogP contribution < -0.4 is 0 Å². The summed E-state index contributed by atoms with van der Waals surface area (Å²) in [6.07, 6.45) is 3.82. The second kappa shape index (κ2) is 6.21. The van der Waals surface area contributed by atoms with E-state index in [1.54, 1.807) is 23.1 Å². The maximum atomic E-state index is 11.9. The van der Waals surface area contributed by atoms with E-state index in [0.29, 0.717) is 11.5 Å². The molecule has 1 aliphatic heterocycles. The first-order valence-corrected chi connectivity index (χ1v) is 7.38. The van der Waals surface area contributed by atoms with Crippen molar-refractivity contribution in [2.24, 2.45) is 0 Å². The van der Waals surface area contributed by atoms with Gasteiger partial charge in [-0.25, -0.2) is 0 Å². The Morgan fingerprint density at radius 3 is 2.95 bits per heavy atom. The summed E-state index contributed by atoms with van der Waals surface area (Å²) in [5.74, 6) is 0.206. The number of unbranched alkanes of at least 4 members (excludes halogenated alkanes) is 1. The third kappa shape index (κ3) is 3.36. The molecule has 0 aromatic heterocycles. The molecule has 1 heterocycles. The van der Waals surface area contributed by atoms with Gasteiger partial charge in [-0.1, -0.05) is 37.7 Å². The number of phenolic OH excluding ortho intramolecular Hbond substituents is 1. The van der Waals surface area contributed by atoms with Crippen LogP contribution in [0.2, 0.25) is 0 Å². The summed E-state index contributed by atoms with van der Waals surface area (Å²) < 4.78 is 0. The molecule has 0 bridgehead atoms. The normalized spacial score (nSPS) is 17.5. The summed E-state index contributed by atoms with van der Waals surface area (Å²) in [4.78, 5) is 14.9. The van der Waals surface area contributed by atoms with Gasteiger partial charge >= 0.3 is 0 Å². The Kier molecular flexibility index (Phi) is 4.61. The molecule has 1 aliphatic rings. The second-order valence-corrected chi connectivity index (χ2v) is 5.66. The number of hydrogen-bond acceptors (Lipinski definition) is 4. The number of rotatable bonds is 4. The van der Waals surface area contributed by atoms with E-state index in [1.165, 1.54) is 0 Å². The van der Waals surface area contributed by atoms with Crippen molar-refractivity contribution >= 4 is 40.3 Å². The topological polar surface area (TPSA) is 40.5 Å². The van der Waals surface area contributed by atoms with Crippen molar-refractivity contribution in [2.75, 3.05) is 6.54 Å². The zero-order chi connectivity index (χ0) is 13.8. The summed E-state index contributed by atoms with van der Waals surface area (Å²) in [6.45, 7) is 2.76. The van der Waals surface area contributed by atoms with E-state index in [2.05, 4.69) is 6.92 Å². The fourth-order valence-electron chi connectivity index (χ4n) is 1.77. The molecule has 19 heavy (non-hydrogen) atoms. The highest BCUT2D eigenvalue weighted by atomic mass is 32.2. The number of phenols is 1. The smallest absolute Gasteiger partial charge is 0.291 e. The largest absolute Gasteiger partial charge is 0.508 e. The molecule has 100 valence electrons. The van der Waals surface area contributed by atoms with Crippen molar-refractivity contribution in [3.8, 4) is 5.75 Å². The first-order chi connectivity index (χ1) is 9.11. The molecule has 1 N–H and O–H groups in total. The van der Waals surface area contributed by atoms with Crippen LogP contribution in [0.4, 0.5) is 4.79 Å². The lowest BCUT2D eigenvalue weighted by molar-refractivity contribution is 0.245. The molecule has 0 atom stereocenters. The third-order valence-corrected chi connectivity index (χ3v) is 4.27. The zero-order valence-electron chi connectivity index (χ0n) is 10.6. The molecule has 5 heteroatoms. The Balaban J connectivity index is 2.18. The number of aromatic hydroxyl groups is 1. The van der Waals surface area contributed by atoms with Gasteiger partial charge in [0.1, 0.15) is 10.7 Å². The second-order valence-electron chi connectivity index (χ2n) is 4.28. The van der Waals surface area contributed by atoms with Gasteiger partial charge < -0.3 is 5.11 Å². The van der Waals surface area contributed by atoms with Crippen molar-refractivity contribution in [3.05, 3.63) is 34.7 Å². The number of benzene rings is 1. The fourth-order valence-corrected chi connectivity index (χ4v) is 3.06. The van der Waals surface area contributed by atoms with E-state index in [0.717, 1.165) is 35.1 Å². The van der Waals surface area contributed by atoms with E-state index >= 15 is 0 Å². The van der Waals surface area contributed by atoms with E-state index in [9.17, 15) is 9.90 Å². The molecule has 1 amide bonds. The van der Waals surface area contributed by atoms with Crippen molar-refractivity contribution in [2.45, 2.75) is 19.8 Å². The monoisotopic (exact) mass is 293 g/mol. The van der Waals surface area contributed by atoms with Crippen LogP contribution in [0.1, 0.15) is 25.3 Å². The average molecular weight is 293 g/mol. The molecule has 1 saturated heterocycles. The highest BCUT2D eigenvalue weighted by Crippen LogP contribution is 2.33. The van der Waals surface area contributed by atoms with Gasteiger partial charge in [0, 0.05) is 6.54 Å². The molecule has 3 nitrogen and oxygen atoms in total. The highest BCUT2D eigenvalue weighted by Gasteiger charge is 2.30. The molecule has 0 aliphatic carbocycles. The molecule has 2 rings (SSSR count). The van der Waals surface area contributed by atoms with Crippen molar-refractivity contribution in [3.63, 3.8) is 0 Å². The number of hydrogen-bond donors (Lipinski definition) is 1. The molecular weight excluding hydrogens is 278 g/mol. The van der Waals surface area contributed by atoms with Gasteiger partial charge in [-0.2, -0.15) is 0 Å². The molecule has 0 radical (unpaired) electrons. The van der Waals surface area contributed by atoms with Gasteiger partial charge in [-0.05, 0) is 42.0 Å². The lowest BCUT2D eigenvalue weighted by atomic mass is 10.2. The van der Waals surface area contributed by atoms with Crippen LogP contribution in [0.25, 0.3) is 6.08 Å². The maximum absolute atomic E-state index is 11.9. The van der Waals surface area contributed by atoms with Gasteiger partial charge in [0.05, 0.1) is 4.91 Å². The Morgan fingerprint density at radius 1 is 1.47 bits per heavy atom. The number of thioether (sulfide) groups is 1. The Bertz CT molecular complexity index is 540. The van der Waals surface area contributed by atoms with E-state index < -0.39 is 0 Å². The summed E-state index contributed by atoms with van der Waals surface area (Å²) in [6, 6.07) is 6.90. The van der Waals surface area contributed by atoms with Crippen molar-refractivity contribution < 1.29 is 9.90 Å². The molecule has 0 saturated carbocycles. The number of carbonyl (C=O) groups is 1. The van der Waals surface area contributed by atoms with Crippen LogP contribution >= 0.6 is 24.0 Å². The summed E-state index contributed by atoms with van der Waals surface area (Å²) in [5, 5.41) is 9.42.